The molecule has 0 unspecified atom stereocenters. The van der Waals surface area contributed by atoms with E-state index < -0.39 is 0 Å². The summed E-state index contributed by atoms with van der Waals surface area (Å²) >= 11 is 0. The third kappa shape index (κ3) is 3.84. The second kappa shape index (κ2) is 6.41. The van der Waals surface area contributed by atoms with Crippen molar-refractivity contribution < 1.29 is 9.53 Å². The van der Waals surface area contributed by atoms with Crippen LogP contribution in [0.15, 0.2) is 17.1 Å². The molecule has 1 aromatic rings. The molecule has 0 saturated heterocycles. The van der Waals surface area contributed by atoms with Crippen LogP contribution in [0.4, 0.5) is 0 Å². The van der Waals surface area contributed by atoms with Crippen molar-refractivity contribution in [2.24, 2.45) is 0 Å². The summed E-state index contributed by atoms with van der Waals surface area (Å²) < 4.78 is 5.32. The van der Waals surface area contributed by atoms with Gasteiger partial charge in [0.25, 0.3) is 5.91 Å². The summed E-state index contributed by atoms with van der Waals surface area (Å²) in [5, 5.41) is 2.95. The van der Waals surface area contributed by atoms with Crippen LogP contribution in [-0.4, -0.2) is 23.5 Å². The van der Waals surface area contributed by atoms with Crippen LogP contribution in [-0.2, 0) is 4.79 Å². The Morgan fingerprint density at radius 2 is 2.16 bits per heavy atom. The minimum absolute atomic E-state index is 0.107. The normalized spacial score (nSPS) is 16.1. The third-order valence-corrected chi connectivity index (χ3v) is 3.42. The first kappa shape index (κ1) is 13.6. The van der Waals surface area contributed by atoms with Crippen LogP contribution in [0.3, 0.4) is 0 Å². The lowest BCUT2D eigenvalue weighted by Crippen LogP contribution is -2.39. The molecule has 1 heterocycles. The number of rotatable bonds is 4. The molecule has 0 spiro atoms. The highest BCUT2D eigenvalue weighted by Gasteiger charge is 2.16. The van der Waals surface area contributed by atoms with E-state index in [0.29, 0.717) is 5.69 Å². The Balaban J connectivity index is 1.84. The average Bonchev–Trinajstić information content (AvgIpc) is 2.39. The van der Waals surface area contributed by atoms with Crippen LogP contribution >= 0.6 is 0 Å². The molecule has 2 N–H and O–H groups in total. The van der Waals surface area contributed by atoms with Gasteiger partial charge in [0.1, 0.15) is 0 Å². The van der Waals surface area contributed by atoms with Crippen LogP contribution in [0.25, 0.3) is 0 Å². The molecule has 2 rings (SSSR count). The number of carbonyl (C=O) groups excluding carboxylic acids is 1. The minimum Gasteiger partial charge on any atom is -0.478 e. The Bertz CT molecular complexity index is 490. The van der Waals surface area contributed by atoms with Gasteiger partial charge in [-0.05, 0) is 19.8 Å². The molecule has 0 aromatic carbocycles. The second-order valence-electron chi connectivity index (χ2n) is 4.99. The molecule has 1 amide bonds. The first-order chi connectivity index (χ1) is 9.16. The fraction of sp³-hybridized carbons (Fsp3) is 0.571. The molecular formula is C14H20N2O3. The highest BCUT2D eigenvalue weighted by atomic mass is 16.5. The number of carbonyl (C=O) groups is 1. The van der Waals surface area contributed by atoms with Crippen LogP contribution in [0.5, 0.6) is 5.75 Å². The topological polar surface area (TPSA) is 71.2 Å². The van der Waals surface area contributed by atoms with Gasteiger partial charge < -0.3 is 15.0 Å². The van der Waals surface area contributed by atoms with Gasteiger partial charge in [-0.2, -0.15) is 0 Å². The van der Waals surface area contributed by atoms with Gasteiger partial charge in [0, 0.05) is 18.3 Å². The molecule has 1 saturated carbocycles. The van der Waals surface area contributed by atoms with Crippen molar-refractivity contribution in [2.45, 2.75) is 45.1 Å². The molecule has 1 aliphatic rings. The Hall–Kier alpha value is -1.78. The second-order valence-corrected chi connectivity index (χ2v) is 4.99. The first-order valence-corrected chi connectivity index (χ1v) is 6.77. The summed E-state index contributed by atoms with van der Waals surface area (Å²) in [6.45, 7) is 1.64. The van der Waals surface area contributed by atoms with E-state index in [1.807, 2.05) is 0 Å². The highest BCUT2D eigenvalue weighted by molar-refractivity contribution is 5.77. The van der Waals surface area contributed by atoms with Gasteiger partial charge in [-0.3, -0.25) is 9.59 Å². The number of amides is 1. The zero-order valence-corrected chi connectivity index (χ0v) is 11.2. The van der Waals surface area contributed by atoms with Gasteiger partial charge in [-0.15, -0.1) is 0 Å². The van der Waals surface area contributed by atoms with E-state index in [-0.39, 0.29) is 29.7 Å². The van der Waals surface area contributed by atoms with Gasteiger partial charge in [-0.25, -0.2) is 0 Å². The van der Waals surface area contributed by atoms with E-state index in [1.54, 1.807) is 13.1 Å². The summed E-state index contributed by atoms with van der Waals surface area (Å²) in [7, 11) is 0. The fourth-order valence-corrected chi connectivity index (χ4v) is 2.40. The summed E-state index contributed by atoms with van der Waals surface area (Å²) in [6, 6.07) is 1.65. The van der Waals surface area contributed by atoms with Crippen LogP contribution in [0.2, 0.25) is 0 Å². The van der Waals surface area contributed by atoms with Crippen molar-refractivity contribution in [3.63, 3.8) is 0 Å². The van der Waals surface area contributed by atoms with E-state index in [1.165, 1.54) is 25.3 Å². The monoisotopic (exact) mass is 264 g/mol. The molecule has 0 radical (unpaired) electrons. The number of nitrogens with one attached hydrogen (secondary N) is 2. The largest absolute Gasteiger partial charge is 0.478 e. The minimum atomic E-state index is -0.207. The van der Waals surface area contributed by atoms with Gasteiger partial charge in [0.2, 0.25) is 5.43 Å². The predicted molar refractivity (Wildman–Crippen MR) is 72.3 cm³/mol. The Morgan fingerprint density at radius 1 is 1.42 bits per heavy atom. The van der Waals surface area contributed by atoms with Gasteiger partial charge >= 0.3 is 0 Å². The molecule has 1 aliphatic carbocycles. The number of aromatic amines is 1. The molecule has 1 aromatic heterocycles. The van der Waals surface area contributed by atoms with Crippen molar-refractivity contribution >= 4 is 5.91 Å². The van der Waals surface area contributed by atoms with E-state index in [4.69, 9.17) is 4.74 Å². The maximum atomic E-state index is 11.8. The van der Waals surface area contributed by atoms with E-state index >= 15 is 0 Å². The summed E-state index contributed by atoms with van der Waals surface area (Å²) in [5.41, 5.74) is 0.430. The average molecular weight is 264 g/mol. The molecule has 104 valence electrons. The zero-order chi connectivity index (χ0) is 13.7. The summed E-state index contributed by atoms with van der Waals surface area (Å²) in [6.07, 6.45) is 7.23. The SMILES string of the molecule is Cc1[nH]ccc(=O)c1OCC(=O)NC1CCCCC1. The number of hydrogen-bond donors (Lipinski definition) is 2. The molecule has 19 heavy (non-hydrogen) atoms. The van der Waals surface area contributed by atoms with Crippen LogP contribution in [0, 0.1) is 6.92 Å². The van der Waals surface area contributed by atoms with Gasteiger partial charge in [-0.1, -0.05) is 19.3 Å². The van der Waals surface area contributed by atoms with Crippen molar-refractivity contribution in [1.82, 2.24) is 10.3 Å². The number of aryl methyl sites for hydroxylation is 1. The van der Waals surface area contributed by atoms with Crippen molar-refractivity contribution in [2.75, 3.05) is 6.61 Å². The van der Waals surface area contributed by atoms with Gasteiger partial charge in [0.05, 0.1) is 5.69 Å². The predicted octanol–water partition coefficient (Wildman–Crippen LogP) is 1.51. The Kier molecular flexibility index (Phi) is 4.60. The Labute approximate surface area is 112 Å². The number of ether oxygens (including phenoxy) is 1. The molecule has 0 bridgehead atoms. The lowest BCUT2D eigenvalue weighted by Gasteiger charge is -2.22. The quantitative estimate of drug-likeness (QED) is 0.866. The summed E-state index contributed by atoms with van der Waals surface area (Å²) in [5.74, 6) is 0.0656. The number of aromatic nitrogens is 1. The lowest BCUT2D eigenvalue weighted by molar-refractivity contribution is -0.124. The molecule has 0 atom stereocenters. The smallest absolute Gasteiger partial charge is 0.258 e. The van der Waals surface area contributed by atoms with E-state index in [9.17, 15) is 9.59 Å². The van der Waals surface area contributed by atoms with Crippen LogP contribution < -0.4 is 15.5 Å². The third-order valence-electron chi connectivity index (χ3n) is 3.42. The maximum Gasteiger partial charge on any atom is 0.258 e. The van der Waals surface area contributed by atoms with Crippen molar-refractivity contribution in [3.05, 3.63) is 28.2 Å². The molecule has 1 fully saturated rings. The van der Waals surface area contributed by atoms with Crippen molar-refractivity contribution in [1.29, 1.82) is 0 Å². The lowest BCUT2D eigenvalue weighted by atomic mass is 9.95. The zero-order valence-electron chi connectivity index (χ0n) is 11.2. The molecule has 0 aliphatic heterocycles. The van der Waals surface area contributed by atoms with E-state index in [0.717, 1.165) is 12.8 Å². The van der Waals surface area contributed by atoms with Crippen molar-refractivity contribution in [3.8, 4) is 5.75 Å². The van der Waals surface area contributed by atoms with Gasteiger partial charge in [0.15, 0.2) is 12.4 Å². The number of pyridine rings is 1. The molecule has 5 nitrogen and oxygen atoms in total. The first-order valence-electron chi connectivity index (χ1n) is 6.77. The van der Waals surface area contributed by atoms with E-state index in [2.05, 4.69) is 10.3 Å². The summed E-state index contributed by atoms with van der Waals surface area (Å²) in [4.78, 5) is 26.2. The highest BCUT2D eigenvalue weighted by Crippen LogP contribution is 2.17. The number of hydrogen-bond acceptors (Lipinski definition) is 3. The maximum absolute atomic E-state index is 11.8. The molecule has 5 heteroatoms. The Morgan fingerprint density at radius 3 is 2.84 bits per heavy atom. The fourth-order valence-electron chi connectivity index (χ4n) is 2.40. The standard InChI is InChI=1S/C14H20N2O3/c1-10-14(12(17)7-8-15-10)19-9-13(18)16-11-5-3-2-4-6-11/h7-8,11H,2-6,9H2,1H3,(H,15,17)(H,16,18). The number of H-pyrrole nitrogens is 1. The molecular weight excluding hydrogens is 244 g/mol. The van der Waals surface area contributed by atoms with Crippen LogP contribution in [0.1, 0.15) is 37.8 Å².